The van der Waals surface area contributed by atoms with Crippen molar-refractivity contribution in [3.63, 3.8) is 0 Å². The van der Waals surface area contributed by atoms with Crippen molar-refractivity contribution in [1.29, 1.82) is 0 Å². The summed E-state index contributed by atoms with van der Waals surface area (Å²) in [5.74, 6) is -0.293. The smallest absolute Gasteiger partial charge is 0.145 e. The van der Waals surface area contributed by atoms with Gasteiger partial charge in [-0.05, 0) is 19.1 Å². The number of aryl methyl sites for hydroxylation is 1. The predicted octanol–water partition coefficient (Wildman–Crippen LogP) is 2.26. The number of nitrogens with two attached hydrogens (primary N) is 1. The quantitative estimate of drug-likeness (QED) is 0.625. The van der Waals surface area contributed by atoms with E-state index in [2.05, 4.69) is 4.98 Å². The Hall–Kier alpha value is -1.64. The minimum atomic E-state index is -0.293. The second-order valence-corrected chi connectivity index (χ2v) is 2.97. The van der Waals surface area contributed by atoms with Crippen LogP contribution in [0.1, 0.15) is 5.69 Å². The molecule has 2 rings (SSSR count). The molecule has 0 spiro atoms. The highest BCUT2D eigenvalue weighted by Crippen LogP contribution is 2.20. The largest absolute Gasteiger partial charge is 0.397 e. The van der Waals surface area contributed by atoms with Crippen molar-refractivity contribution in [2.75, 3.05) is 5.73 Å². The monoisotopic (exact) mass is 176 g/mol. The van der Waals surface area contributed by atoms with E-state index >= 15 is 0 Å². The van der Waals surface area contributed by atoms with Crippen LogP contribution in [0.3, 0.4) is 0 Å². The number of anilines is 1. The predicted molar refractivity (Wildman–Crippen MR) is 50.9 cm³/mol. The molecule has 13 heavy (non-hydrogen) atoms. The Morgan fingerprint density at radius 2 is 2.15 bits per heavy atom. The zero-order valence-corrected chi connectivity index (χ0v) is 7.21. The van der Waals surface area contributed by atoms with E-state index < -0.39 is 0 Å². The summed E-state index contributed by atoms with van der Waals surface area (Å²) >= 11 is 0. The van der Waals surface area contributed by atoms with Gasteiger partial charge in [-0.1, -0.05) is 12.1 Å². The Morgan fingerprint density at radius 3 is 2.92 bits per heavy atom. The summed E-state index contributed by atoms with van der Waals surface area (Å²) < 4.78 is 13.1. The third-order valence-corrected chi connectivity index (χ3v) is 2.01. The van der Waals surface area contributed by atoms with Crippen LogP contribution in [0, 0.1) is 12.7 Å². The summed E-state index contributed by atoms with van der Waals surface area (Å²) in [6, 6.07) is 6.79. The molecule has 1 heterocycles. The molecule has 0 aliphatic rings. The number of hydrogen-bond donors (Lipinski definition) is 1. The highest BCUT2D eigenvalue weighted by atomic mass is 19.1. The zero-order valence-electron chi connectivity index (χ0n) is 7.21. The molecule has 0 saturated heterocycles. The molecule has 0 unspecified atom stereocenters. The zero-order chi connectivity index (χ0) is 9.42. The first kappa shape index (κ1) is 7.98. The molecule has 2 aromatic rings. The van der Waals surface area contributed by atoms with E-state index in [1.54, 1.807) is 25.1 Å². The van der Waals surface area contributed by atoms with Crippen molar-refractivity contribution in [1.82, 2.24) is 4.98 Å². The molecule has 2 N–H and O–H groups in total. The molecule has 1 aromatic carbocycles. The average molecular weight is 176 g/mol. The fourth-order valence-electron chi connectivity index (χ4n) is 1.29. The van der Waals surface area contributed by atoms with Crippen LogP contribution in [0.2, 0.25) is 0 Å². The maximum absolute atomic E-state index is 13.1. The molecule has 0 atom stereocenters. The lowest BCUT2D eigenvalue weighted by Gasteiger charge is -2.02. The van der Waals surface area contributed by atoms with Gasteiger partial charge in [-0.25, -0.2) is 9.37 Å². The standard InChI is InChI=1S/C10H9FN2/c1-6-8(11)5-7-3-2-4-9(12)10(7)13-6/h2-5H,12H2,1H3. The maximum atomic E-state index is 13.1. The van der Waals surface area contributed by atoms with Gasteiger partial charge in [0.2, 0.25) is 0 Å². The van der Waals surface area contributed by atoms with Crippen LogP contribution in [-0.2, 0) is 0 Å². The summed E-state index contributed by atoms with van der Waals surface area (Å²) in [6.07, 6.45) is 0. The summed E-state index contributed by atoms with van der Waals surface area (Å²) in [7, 11) is 0. The lowest BCUT2D eigenvalue weighted by molar-refractivity contribution is 0.613. The Labute approximate surface area is 75.2 Å². The van der Waals surface area contributed by atoms with Crippen LogP contribution in [0.5, 0.6) is 0 Å². The fourth-order valence-corrected chi connectivity index (χ4v) is 1.29. The molecule has 0 amide bonds. The van der Waals surface area contributed by atoms with Crippen molar-refractivity contribution in [2.45, 2.75) is 6.92 Å². The van der Waals surface area contributed by atoms with Gasteiger partial charge < -0.3 is 5.73 Å². The molecule has 0 bridgehead atoms. The first-order valence-corrected chi connectivity index (χ1v) is 4.00. The maximum Gasteiger partial charge on any atom is 0.145 e. The molecule has 3 heteroatoms. The molecule has 0 aliphatic carbocycles. The molecule has 2 nitrogen and oxygen atoms in total. The summed E-state index contributed by atoms with van der Waals surface area (Å²) in [5, 5.41) is 0.739. The van der Waals surface area contributed by atoms with Crippen LogP contribution >= 0.6 is 0 Å². The topological polar surface area (TPSA) is 38.9 Å². The first-order chi connectivity index (χ1) is 6.18. The number of nitrogens with zero attached hydrogens (tertiary/aromatic N) is 1. The number of hydrogen-bond acceptors (Lipinski definition) is 2. The lowest BCUT2D eigenvalue weighted by Crippen LogP contribution is -1.93. The molecule has 0 radical (unpaired) electrons. The van der Waals surface area contributed by atoms with Gasteiger partial charge in [0.1, 0.15) is 5.82 Å². The second-order valence-electron chi connectivity index (χ2n) is 2.97. The number of benzene rings is 1. The van der Waals surface area contributed by atoms with E-state index in [9.17, 15) is 4.39 Å². The van der Waals surface area contributed by atoms with E-state index in [4.69, 9.17) is 5.73 Å². The molecular formula is C10H9FN2. The van der Waals surface area contributed by atoms with E-state index in [0.29, 0.717) is 16.9 Å². The molecule has 0 saturated carbocycles. The number of fused-ring (bicyclic) bond motifs is 1. The number of aromatic nitrogens is 1. The Balaban J connectivity index is 2.89. The highest BCUT2D eigenvalue weighted by molar-refractivity contribution is 5.89. The van der Waals surface area contributed by atoms with Crippen LogP contribution in [0.15, 0.2) is 24.3 Å². The summed E-state index contributed by atoms with van der Waals surface area (Å²) in [4.78, 5) is 4.07. The van der Waals surface area contributed by atoms with E-state index in [0.717, 1.165) is 5.39 Å². The molecule has 66 valence electrons. The van der Waals surface area contributed by atoms with Gasteiger partial charge in [0, 0.05) is 5.39 Å². The minimum Gasteiger partial charge on any atom is -0.397 e. The van der Waals surface area contributed by atoms with Gasteiger partial charge in [0.05, 0.1) is 16.9 Å². The van der Waals surface area contributed by atoms with E-state index in [-0.39, 0.29) is 5.82 Å². The Bertz CT molecular complexity index is 466. The van der Waals surface area contributed by atoms with Crippen LogP contribution < -0.4 is 5.73 Å². The van der Waals surface area contributed by atoms with Gasteiger partial charge >= 0.3 is 0 Å². The van der Waals surface area contributed by atoms with E-state index in [1.807, 2.05) is 0 Å². The Kier molecular flexibility index (Phi) is 1.65. The molecular weight excluding hydrogens is 167 g/mol. The van der Waals surface area contributed by atoms with Gasteiger partial charge in [0.25, 0.3) is 0 Å². The summed E-state index contributed by atoms with van der Waals surface area (Å²) in [5.41, 5.74) is 7.32. The first-order valence-electron chi connectivity index (χ1n) is 4.00. The van der Waals surface area contributed by atoms with Crippen molar-refractivity contribution in [3.05, 3.63) is 35.8 Å². The van der Waals surface area contributed by atoms with Crippen LogP contribution in [0.25, 0.3) is 10.9 Å². The third-order valence-electron chi connectivity index (χ3n) is 2.01. The van der Waals surface area contributed by atoms with E-state index in [1.165, 1.54) is 6.07 Å². The van der Waals surface area contributed by atoms with Crippen molar-refractivity contribution in [2.24, 2.45) is 0 Å². The van der Waals surface area contributed by atoms with Crippen LogP contribution in [0.4, 0.5) is 10.1 Å². The number of nitrogen functional groups attached to an aromatic ring is 1. The Morgan fingerprint density at radius 1 is 1.38 bits per heavy atom. The number of para-hydroxylation sites is 1. The van der Waals surface area contributed by atoms with Gasteiger partial charge in [0.15, 0.2) is 0 Å². The molecule has 1 aromatic heterocycles. The number of rotatable bonds is 0. The van der Waals surface area contributed by atoms with Crippen molar-refractivity contribution in [3.8, 4) is 0 Å². The number of pyridine rings is 1. The summed E-state index contributed by atoms with van der Waals surface area (Å²) in [6.45, 7) is 1.63. The molecule has 0 aliphatic heterocycles. The number of halogens is 1. The normalized spacial score (nSPS) is 10.6. The minimum absolute atomic E-state index is 0.293. The van der Waals surface area contributed by atoms with Crippen LogP contribution in [-0.4, -0.2) is 4.98 Å². The highest BCUT2D eigenvalue weighted by Gasteiger charge is 2.03. The average Bonchev–Trinajstić information content (AvgIpc) is 2.09. The SMILES string of the molecule is Cc1nc2c(N)cccc2cc1F. The third kappa shape index (κ3) is 1.22. The van der Waals surface area contributed by atoms with Gasteiger partial charge in [-0.2, -0.15) is 0 Å². The van der Waals surface area contributed by atoms with Gasteiger partial charge in [-0.15, -0.1) is 0 Å². The molecule has 0 fully saturated rings. The lowest BCUT2D eigenvalue weighted by atomic mass is 10.2. The van der Waals surface area contributed by atoms with Crippen molar-refractivity contribution < 1.29 is 4.39 Å². The fraction of sp³-hybridized carbons (Fsp3) is 0.100. The second kappa shape index (κ2) is 2.69. The van der Waals surface area contributed by atoms with Gasteiger partial charge in [-0.3, -0.25) is 0 Å². The van der Waals surface area contributed by atoms with Crippen molar-refractivity contribution >= 4 is 16.6 Å².